The topological polar surface area (TPSA) is 66.5 Å². The number of nitrogens with two attached hydrogens (primary N) is 1. The van der Waals surface area contributed by atoms with Crippen molar-refractivity contribution in [1.82, 2.24) is 0 Å². The molecule has 7 heteroatoms. The molecule has 4 N–H and O–H groups in total. The lowest BCUT2D eigenvalue weighted by molar-refractivity contribution is -0.137. The van der Waals surface area contributed by atoms with Crippen molar-refractivity contribution in [3.05, 3.63) is 28.3 Å². The number of aromatic hydroxyl groups is 1. The van der Waals surface area contributed by atoms with Gasteiger partial charge in [-0.05, 0) is 6.07 Å². The van der Waals surface area contributed by atoms with E-state index < -0.39 is 35.2 Å². The highest BCUT2D eigenvalue weighted by Gasteiger charge is 2.35. The summed E-state index contributed by atoms with van der Waals surface area (Å²) in [5.74, 6) is -0.752. The molecule has 0 bridgehead atoms. The van der Waals surface area contributed by atoms with E-state index in [1.807, 2.05) is 0 Å². The van der Waals surface area contributed by atoms with Gasteiger partial charge in [-0.1, -0.05) is 17.7 Å². The standard InChI is InChI=1S/C9H9ClF3NO2/c10-7-5(9(11,12)13)2-1-4(8(7)16)6(14)3-15/h1-2,6,15-16H,3,14H2/t6-/m0/s1. The summed E-state index contributed by atoms with van der Waals surface area (Å²) in [5, 5.41) is 17.3. The molecule has 0 heterocycles. The first-order valence-corrected chi connectivity index (χ1v) is 4.61. The van der Waals surface area contributed by atoms with Crippen molar-refractivity contribution >= 4 is 11.6 Å². The lowest BCUT2D eigenvalue weighted by atomic mass is 10.0. The van der Waals surface area contributed by atoms with Crippen LogP contribution >= 0.6 is 11.6 Å². The molecule has 16 heavy (non-hydrogen) atoms. The number of benzene rings is 1. The molecule has 0 saturated heterocycles. The van der Waals surface area contributed by atoms with Crippen LogP contribution < -0.4 is 5.73 Å². The Morgan fingerprint density at radius 2 is 1.94 bits per heavy atom. The first kappa shape index (κ1) is 13.1. The molecule has 0 unspecified atom stereocenters. The Morgan fingerprint density at radius 3 is 2.38 bits per heavy atom. The minimum atomic E-state index is -4.64. The smallest absolute Gasteiger partial charge is 0.417 e. The molecule has 1 rings (SSSR count). The maximum absolute atomic E-state index is 12.4. The Kier molecular flexibility index (Phi) is 3.67. The normalized spacial score (nSPS) is 13.9. The lowest BCUT2D eigenvalue weighted by Crippen LogP contribution is -2.15. The molecule has 0 aliphatic heterocycles. The average Bonchev–Trinajstić information content (AvgIpc) is 2.19. The SMILES string of the molecule is N[C@@H](CO)c1ccc(C(F)(F)F)c(Cl)c1O. The predicted molar refractivity (Wildman–Crippen MR) is 52.1 cm³/mol. The summed E-state index contributed by atoms with van der Waals surface area (Å²) in [6.07, 6.45) is -4.64. The highest BCUT2D eigenvalue weighted by molar-refractivity contribution is 6.33. The molecule has 1 aromatic rings. The summed E-state index contributed by atoms with van der Waals surface area (Å²) in [6.45, 7) is -0.505. The molecule has 1 atom stereocenters. The van der Waals surface area contributed by atoms with Crippen molar-refractivity contribution in [1.29, 1.82) is 0 Å². The minimum Gasteiger partial charge on any atom is -0.506 e. The predicted octanol–water partition coefficient (Wildman–Crippen LogP) is 2.06. The van der Waals surface area contributed by atoms with Gasteiger partial charge < -0.3 is 15.9 Å². The number of hydrogen-bond donors (Lipinski definition) is 3. The van der Waals surface area contributed by atoms with E-state index in [0.29, 0.717) is 6.07 Å². The van der Waals surface area contributed by atoms with Gasteiger partial charge in [0, 0.05) is 5.56 Å². The van der Waals surface area contributed by atoms with E-state index in [0.717, 1.165) is 6.07 Å². The zero-order chi connectivity index (χ0) is 12.5. The van der Waals surface area contributed by atoms with Crippen molar-refractivity contribution in [3.63, 3.8) is 0 Å². The van der Waals surface area contributed by atoms with Crippen LogP contribution in [0, 0.1) is 0 Å². The Labute approximate surface area is 94.3 Å². The molecular weight excluding hydrogens is 247 g/mol. The Bertz CT molecular complexity index is 395. The lowest BCUT2D eigenvalue weighted by Gasteiger charge is -2.15. The third-order valence-corrected chi connectivity index (χ3v) is 2.43. The monoisotopic (exact) mass is 255 g/mol. The number of hydrogen-bond acceptors (Lipinski definition) is 3. The van der Waals surface area contributed by atoms with Crippen molar-refractivity contribution in [3.8, 4) is 5.75 Å². The number of alkyl halides is 3. The van der Waals surface area contributed by atoms with Gasteiger partial charge in [0.05, 0.1) is 23.2 Å². The molecule has 90 valence electrons. The summed E-state index contributed by atoms with van der Waals surface area (Å²) >= 11 is 5.38. The van der Waals surface area contributed by atoms with Crippen LogP contribution in [0.25, 0.3) is 0 Å². The number of halogens is 4. The molecule has 1 aromatic carbocycles. The second kappa shape index (κ2) is 4.48. The van der Waals surface area contributed by atoms with E-state index in [9.17, 15) is 18.3 Å². The first-order valence-electron chi connectivity index (χ1n) is 4.24. The van der Waals surface area contributed by atoms with E-state index in [4.69, 9.17) is 22.4 Å². The molecule has 0 spiro atoms. The van der Waals surface area contributed by atoms with Crippen molar-refractivity contribution in [2.75, 3.05) is 6.61 Å². The van der Waals surface area contributed by atoms with Crippen LogP contribution in [0.5, 0.6) is 5.75 Å². The largest absolute Gasteiger partial charge is 0.506 e. The van der Waals surface area contributed by atoms with Crippen LogP contribution in [0.3, 0.4) is 0 Å². The fourth-order valence-corrected chi connectivity index (χ4v) is 1.48. The highest BCUT2D eigenvalue weighted by atomic mass is 35.5. The maximum atomic E-state index is 12.4. The van der Waals surface area contributed by atoms with E-state index in [-0.39, 0.29) is 5.56 Å². The van der Waals surface area contributed by atoms with Crippen LogP contribution in [0.4, 0.5) is 13.2 Å². The summed E-state index contributed by atoms with van der Waals surface area (Å²) in [4.78, 5) is 0. The number of rotatable bonds is 2. The van der Waals surface area contributed by atoms with E-state index in [1.54, 1.807) is 0 Å². The summed E-state index contributed by atoms with van der Waals surface area (Å²) in [5.41, 5.74) is 4.21. The molecule has 0 fully saturated rings. The molecule has 0 radical (unpaired) electrons. The molecular formula is C9H9ClF3NO2. The van der Waals surface area contributed by atoms with Gasteiger partial charge in [-0.15, -0.1) is 0 Å². The van der Waals surface area contributed by atoms with Crippen LogP contribution in [0.15, 0.2) is 12.1 Å². The van der Waals surface area contributed by atoms with Gasteiger partial charge in [0.15, 0.2) is 0 Å². The fourth-order valence-electron chi connectivity index (χ4n) is 1.20. The van der Waals surface area contributed by atoms with Gasteiger partial charge >= 0.3 is 6.18 Å². The average molecular weight is 256 g/mol. The summed E-state index contributed by atoms with van der Waals surface area (Å²) < 4.78 is 37.1. The molecule has 0 aliphatic carbocycles. The zero-order valence-corrected chi connectivity index (χ0v) is 8.68. The molecule has 0 aliphatic rings. The van der Waals surface area contributed by atoms with Crippen LogP contribution in [-0.2, 0) is 6.18 Å². The number of aliphatic hydroxyl groups is 1. The van der Waals surface area contributed by atoms with Gasteiger partial charge in [0.25, 0.3) is 0 Å². The van der Waals surface area contributed by atoms with Gasteiger partial charge in [-0.2, -0.15) is 13.2 Å². The zero-order valence-electron chi connectivity index (χ0n) is 7.92. The minimum absolute atomic E-state index is 0.0273. The van der Waals surface area contributed by atoms with E-state index >= 15 is 0 Å². The van der Waals surface area contributed by atoms with Gasteiger partial charge in [0.1, 0.15) is 5.75 Å². The van der Waals surface area contributed by atoms with Crippen LogP contribution in [-0.4, -0.2) is 16.8 Å². The number of phenols is 1. The van der Waals surface area contributed by atoms with Crippen molar-refractivity contribution in [2.24, 2.45) is 5.73 Å². The second-order valence-corrected chi connectivity index (χ2v) is 3.53. The Morgan fingerprint density at radius 1 is 1.38 bits per heavy atom. The molecule has 3 nitrogen and oxygen atoms in total. The number of phenolic OH excluding ortho intramolecular Hbond substituents is 1. The third-order valence-electron chi connectivity index (χ3n) is 2.05. The molecule has 0 aromatic heterocycles. The van der Waals surface area contributed by atoms with Crippen LogP contribution in [0.2, 0.25) is 5.02 Å². The van der Waals surface area contributed by atoms with Gasteiger partial charge in [-0.25, -0.2) is 0 Å². The summed E-state index contributed by atoms with van der Waals surface area (Å²) in [6, 6.07) is 0.734. The molecule has 0 saturated carbocycles. The number of aliphatic hydroxyl groups excluding tert-OH is 1. The van der Waals surface area contributed by atoms with E-state index in [1.165, 1.54) is 0 Å². The summed E-state index contributed by atoms with van der Waals surface area (Å²) in [7, 11) is 0. The van der Waals surface area contributed by atoms with E-state index in [2.05, 4.69) is 0 Å². The van der Waals surface area contributed by atoms with Gasteiger partial charge in [-0.3, -0.25) is 0 Å². The Hall–Kier alpha value is -0.980. The second-order valence-electron chi connectivity index (χ2n) is 3.15. The Balaban J connectivity index is 3.29. The van der Waals surface area contributed by atoms with Crippen molar-refractivity contribution in [2.45, 2.75) is 12.2 Å². The third kappa shape index (κ3) is 2.40. The van der Waals surface area contributed by atoms with Gasteiger partial charge in [0.2, 0.25) is 0 Å². The van der Waals surface area contributed by atoms with Crippen LogP contribution in [0.1, 0.15) is 17.2 Å². The quantitative estimate of drug-likeness (QED) is 0.758. The highest BCUT2D eigenvalue weighted by Crippen LogP contribution is 2.41. The first-order chi connectivity index (χ1) is 7.29. The molecule has 0 amide bonds. The fraction of sp³-hybridized carbons (Fsp3) is 0.333. The van der Waals surface area contributed by atoms with Crippen molar-refractivity contribution < 1.29 is 23.4 Å². The maximum Gasteiger partial charge on any atom is 0.417 e.